The number of aromatic carboxylic acids is 1. The maximum Gasteiger partial charge on any atom is 0.374 e. The van der Waals surface area contributed by atoms with E-state index >= 15 is 0 Å². The fourth-order valence-corrected chi connectivity index (χ4v) is 1.56. The van der Waals surface area contributed by atoms with Gasteiger partial charge in [0.2, 0.25) is 5.76 Å². The maximum atomic E-state index is 10.7. The zero-order chi connectivity index (χ0) is 13.3. The summed E-state index contributed by atoms with van der Waals surface area (Å²) >= 11 is 0. The first-order valence-corrected chi connectivity index (χ1v) is 5.11. The van der Waals surface area contributed by atoms with Gasteiger partial charge in [0, 0.05) is 11.6 Å². The number of methoxy groups -OCH3 is 1. The minimum absolute atomic E-state index is 0.0446. The molecule has 0 spiro atoms. The number of phenols is 1. The van der Waals surface area contributed by atoms with Crippen LogP contribution in [0, 0.1) is 6.92 Å². The molecule has 6 heteroatoms. The van der Waals surface area contributed by atoms with Crippen LogP contribution in [0.3, 0.4) is 0 Å². The predicted octanol–water partition coefficient (Wildman–Crippen LogP) is 2.06. The Labute approximate surface area is 102 Å². The average Bonchev–Trinajstić information content (AvgIpc) is 2.82. The van der Waals surface area contributed by atoms with Gasteiger partial charge in [-0.2, -0.15) is 0 Å². The van der Waals surface area contributed by atoms with Gasteiger partial charge in [-0.25, -0.2) is 4.79 Å². The van der Waals surface area contributed by atoms with E-state index in [0.29, 0.717) is 22.6 Å². The number of nitrogens with zero attached hydrogens (tertiary/aromatic N) is 1. The van der Waals surface area contributed by atoms with E-state index in [-0.39, 0.29) is 11.5 Å². The minimum Gasteiger partial charge on any atom is -0.504 e. The van der Waals surface area contributed by atoms with E-state index < -0.39 is 5.97 Å². The molecule has 1 aromatic heterocycles. The van der Waals surface area contributed by atoms with Crippen LogP contribution in [-0.4, -0.2) is 28.4 Å². The Kier molecular flexibility index (Phi) is 2.93. The molecule has 0 saturated heterocycles. The molecule has 6 nitrogen and oxygen atoms in total. The van der Waals surface area contributed by atoms with Crippen LogP contribution in [0.25, 0.3) is 11.3 Å². The molecule has 2 aromatic rings. The summed E-state index contributed by atoms with van der Waals surface area (Å²) in [6, 6.07) is 4.54. The van der Waals surface area contributed by atoms with Crippen molar-refractivity contribution in [2.75, 3.05) is 7.11 Å². The normalized spacial score (nSPS) is 10.3. The van der Waals surface area contributed by atoms with Crippen molar-refractivity contribution >= 4 is 5.97 Å². The van der Waals surface area contributed by atoms with Crippen molar-refractivity contribution in [3.05, 3.63) is 29.5 Å². The van der Waals surface area contributed by atoms with Crippen LogP contribution in [0.5, 0.6) is 11.5 Å². The Morgan fingerprint density at radius 2 is 2.11 bits per heavy atom. The van der Waals surface area contributed by atoms with Crippen molar-refractivity contribution in [3.8, 4) is 22.8 Å². The van der Waals surface area contributed by atoms with Gasteiger partial charge in [-0.3, -0.25) is 0 Å². The van der Waals surface area contributed by atoms with E-state index in [4.69, 9.17) is 9.84 Å². The number of hydrogen-bond acceptors (Lipinski definition) is 5. The van der Waals surface area contributed by atoms with Crippen LogP contribution in [-0.2, 0) is 0 Å². The molecule has 1 heterocycles. The highest BCUT2D eigenvalue weighted by Gasteiger charge is 2.15. The van der Waals surface area contributed by atoms with E-state index in [9.17, 15) is 9.90 Å². The zero-order valence-corrected chi connectivity index (χ0v) is 9.80. The second-order valence-corrected chi connectivity index (χ2v) is 3.73. The number of carbonyl (C=O) groups is 1. The zero-order valence-electron chi connectivity index (χ0n) is 9.80. The number of aryl methyl sites for hydroxylation is 1. The first-order chi connectivity index (χ1) is 8.52. The number of carboxylic acid groups (broad SMARTS) is 1. The first-order valence-electron chi connectivity index (χ1n) is 5.11. The quantitative estimate of drug-likeness (QED) is 0.864. The van der Waals surface area contributed by atoms with Crippen molar-refractivity contribution in [1.29, 1.82) is 0 Å². The topological polar surface area (TPSA) is 92.8 Å². The lowest BCUT2D eigenvalue weighted by molar-refractivity contribution is 0.0652. The van der Waals surface area contributed by atoms with Crippen LogP contribution >= 0.6 is 0 Å². The molecule has 0 atom stereocenters. The predicted molar refractivity (Wildman–Crippen MR) is 61.9 cm³/mol. The summed E-state index contributed by atoms with van der Waals surface area (Å²) < 4.78 is 9.69. The van der Waals surface area contributed by atoms with Gasteiger partial charge >= 0.3 is 5.97 Å². The molecular weight excluding hydrogens is 238 g/mol. The summed E-state index contributed by atoms with van der Waals surface area (Å²) in [6.07, 6.45) is 0. The van der Waals surface area contributed by atoms with E-state index in [1.165, 1.54) is 13.2 Å². The van der Waals surface area contributed by atoms with E-state index in [1.54, 1.807) is 19.1 Å². The van der Waals surface area contributed by atoms with Crippen LogP contribution < -0.4 is 4.74 Å². The number of carboxylic acids is 1. The van der Waals surface area contributed by atoms with Crippen LogP contribution in [0.4, 0.5) is 0 Å². The van der Waals surface area contributed by atoms with E-state index in [2.05, 4.69) is 9.68 Å². The molecule has 18 heavy (non-hydrogen) atoms. The highest BCUT2D eigenvalue weighted by Crippen LogP contribution is 2.34. The van der Waals surface area contributed by atoms with Crippen LogP contribution in [0.15, 0.2) is 22.7 Å². The van der Waals surface area contributed by atoms with Crippen LogP contribution in [0.1, 0.15) is 16.1 Å². The summed E-state index contributed by atoms with van der Waals surface area (Å²) in [6.45, 7) is 1.71. The number of ether oxygens (including phenoxy) is 1. The van der Waals surface area contributed by atoms with Crippen molar-refractivity contribution in [1.82, 2.24) is 5.16 Å². The number of benzene rings is 1. The summed E-state index contributed by atoms with van der Waals surface area (Å²) in [4.78, 5) is 10.7. The second-order valence-electron chi connectivity index (χ2n) is 3.73. The standard InChI is InChI=1S/C12H11NO5/c1-6-3-7(4-9(17-2)11(6)14)8-5-10(12(15)16)18-13-8/h3-5,14H,1-2H3,(H,15,16). The summed E-state index contributed by atoms with van der Waals surface area (Å²) in [5.41, 5.74) is 1.58. The molecule has 2 rings (SSSR count). The van der Waals surface area contributed by atoms with Gasteiger partial charge in [0.15, 0.2) is 11.5 Å². The molecule has 0 amide bonds. The van der Waals surface area contributed by atoms with Crippen molar-refractivity contribution in [2.24, 2.45) is 0 Å². The van der Waals surface area contributed by atoms with Gasteiger partial charge in [-0.05, 0) is 24.6 Å². The third-order valence-electron chi connectivity index (χ3n) is 2.50. The number of rotatable bonds is 3. The Hall–Kier alpha value is -2.50. The molecule has 0 bridgehead atoms. The Morgan fingerprint density at radius 3 is 2.67 bits per heavy atom. The molecule has 1 aromatic carbocycles. The van der Waals surface area contributed by atoms with E-state index in [1.807, 2.05) is 0 Å². The maximum absolute atomic E-state index is 10.7. The lowest BCUT2D eigenvalue weighted by Crippen LogP contribution is -1.91. The lowest BCUT2D eigenvalue weighted by Gasteiger charge is -2.07. The molecule has 0 aliphatic carbocycles. The van der Waals surface area contributed by atoms with Gasteiger partial charge < -0.3 is 19.5 Å². The van der Waals surface area contributed by atoms with Gasteiger partial charge in [0.1, 0.15) is 5.69 Å². The van der Waals surface area contributed by atoms with Gasteiger partial charge in [-0.1, -0.05) is 5.16 Å². The molecular formula is C12H11NO5. The molecule has 94 valence electrons. The fraction of sp³-hybridized carbons (Fsp3) is 0.167. The number of hydrogen-bond donors (Lipinski definition) is 2. The average molecular weight is 249 g/mol. The highest BCUT2D eigenvalue weighted by atomic mass is 16.5. The number of phenolic OH excluding ortho intramolecular Hbond substituents is 1. The molecule has 0 radical (unpaired) electrons. The van der Waals surface area contributed by atoms with Crippen molar-refractivity contribution in [3.63, 3.8) is 0 Å². The van der Waals surface area contributed by atoms with Gasteiger partial charge in [0.05, 0.1) is 7.11 Å². The SMILES string of the molecule is COc1cc(-c2cc(C(=O)O)on2)cc(C)c1O. The number of aromatic nitrogens is 1. The second kappa shape index (κ2) is 4.40. The monoisotopic (exact) mass is 249 g/mol. The van der Waals surface area contributed by atoms with Gasteiger partial charge in [-0.15, -0.1) is 0 Å². The lowest BCUT2D eigenvalue weighted by atomic mass is 10.1. The van der Waals surface area contributed by atoms with Gasteiger partial charge in [0.25, 0.3) is 0 Å². The molecule has 0 saturated carbocycles. The third-order valence-corrected chi connectivity index (χ3v) is 2.50. The summed E-state index contributed by atoms with van der Waals surface area (Å²) in [7, 11) is 1.43. The van der Waals surface area contributed by atoms with E-state index in [0.717, 1.165) is 0 Å². The summed E-state index contributed by atoms with van der Waals surface area (Å²) in [5, 5.41) is 22.1. The molecule has 2 N–H and O–H groups in total. The Morgan fingerprint density at radius 1 is 1.39 bits per heavy atom. The fourth-order valence-electron chi connectivity index (χ4n) is 1.56. The van der Waals surface area contributed by atoms with Crippen molar-refractivity contribution < 1.29 is 24.3 Å². The van der Waals surface area contributed by atoms with Crippen LogP contribution in [0.2, 0.25) is 0 Å². The summed E-state index contributed by atoms with van der Waals surface area (Å²) in [5.74, 6) is -1.08. The largest absolute Gasteiger partial charge is 0.504 e. The molecule has 0 fully saturated rings. The van der Waals surface area contributed by atoms with Crippen molar-refractivity contribution in [2.45, 2.75) is 6.92 Å². The molecule has 0 unspecified atom stereocenters. The molecule has 0 aliphatic heterocycles. The smallest absolute Gasteiger partial charge is 0.374 e. The Bertz CT molecular complexity index is 603. The molecule has 0 aliphatic rings. The Balaban J connectivity index is 2.50. The third kappa shape index (κ3) is 2.00. The first kappa shape index (κ1) is 12.0. The highest BCUT2D eigenvalue weighted by molar-refractivity contribution is 5.85. The minimum atomic E-state index is -1.18. The number of aromatic hydroxyl groups is 1.